The highest BCUT2D eigenvalue weighted by Crippen LogP contribution is 2.21. The maximum Gasteiger partial charge on any atom is 0.243 e. The first-order valence-electron chi connectivity index (χ1n) is 9.60. The van der Waals surface area contributed by atoms with Crippen molar-refractivity contribution in [3.63, 3.8) is 0 Å². The first-order valence-corrected chi connectivity index (χ1v) is 11.0. The molecule has 1 aromatic rings. The Morgan fingerprint density at radius 1 is 1.00 bits per heavy atom. The normalized spacial score (nSPS) is 18.1. The Morgan fingerprint density at radius 2 is 1.67 bits per heavy atom. The van der Waals surface area contributed by atoms with Crippen LogP contribution in [0.2, 0.25) is 0 Å². The lowest BCUT2D eigenvalue weighted by atomic mass is 10.1. The number of rotatable bonds is 8. The first kappa shape index (κ1) is 19.8. The number of piperidine rings is 1. The van der Waals surface area contributed by atoms with Crippen LogP contribution < -0.4 is 10.6 Å². The number of sulfonamides is 1. The Hall–Kier alpha value is -1.93. The van der Waals surface area contributed by atoms with E-state index in [2.05, 4.69) is 10.6 Å². The number of nitrogens with one attached hydrogen (secondary N) is 2. The average Bonchev–Trinajstić information content (AvgIpc) is 3.49. The van der Waals surface area contributed by atoms with Crippen LogP contribution in [-0.4, -0.2) is 50.2 Å². The predicted octanol–water partition coefficient (Wildman–Crippen LogP) is 1.19. The lowest BCUT2D eigenvalue weighted by Crippen LogP contribution is -2.37. The molecule has 2 aliphatic rings. The van der Waals surface area contributed by atoms with Crippen molar-refractivity contribution in [1.29, 1.82) is 0 Å². The van der Waals surface area contributed by atoms with Crippen molar-refractivity contribution >= 4 is 21.8 Å². The third-order valence-corrected chi connectivity index (χ3v) is 6.82. The van der Waals surface area contributed by atoms with Gasteiger partial charge in [-0.3, -0.25) is 9.59 Å². The minimum absolute atomic E-state index is 0.00233. The molecule has 1 saturated heterocycles. The number of amides is 2. The minimum atomic E-state index is -3.42. The summed E-state index contributed by atoms with van der Waals surface area (Å²) in [6.45, 7) is 1.17. The van der Waals surface area contributed by atoms with E-state index in [0.29, 0.717) is 24.4 Å². The standard InChI is InChI=1S/C19H27N3O4S/c23-18(20-14-19(24)21-16-7-8-16)11-6-15-4-9-17(10-5-15)27(25,26)22-12-2-1-3-13-22/h4-5,9-10,16H,1-3,6-8,11-14H2,(H,20,23)(H,21,24). The Kier molecular flexibility index (Phi) is 6.49. The van der Waals surface area contributed by atoms with E-state index in [1.165, 1.54) is 0 Å². The van der Waals surface area contributed by atoms with Gasteiger partial charge in [-0.25, -0.2) is 8.42 Å². The van der Waals surface area contributed by atoms with Gasteiger partial charge in [0.1, 0.15) is 0 Å². The van der Waals surface area contributed by atoms with Gasteiger partial charge in [0.05, 0.1) is 11.4 Å². The second-order valence-electron chi connectivity index (χ2n) is 7.23. The van der Waals surface area contributed by atoms with Gasteiger partial charge in [-0.2, -0.15) is 4.31 Å². The molecule has 3 rings (SSSR count). The first-order chi connectivity index (χ1) is 12.9. The van der Waals surface area contributed by atoms with Crippen molar-refractivity contribution < 1.29 is 18.0 Å². The fraction of sp³-hybridized carbons (Fsp3) is 0.579. The van der Waals surface area contributed by atoms with Gasteiger partial charge in [0.2, 0.25) is 21.8 Å². The number of hydrogen-bond acceptors (Lipinski definition) is 4. The third-order valence-electron chi connectivity index (χ3n) is 4.91. The Balaban J connectivity index is 1.45. The van der Waals surface area contributed by atoms with Gasteiger partial charge >= 0.3 is 0 Å². The zero-order valence-electron chi connectivity index (χ0n) is 15.4. The van der Waals surface area contributed by atoms with Crippen LogP contribution in [0, 0.1) is 0 Å². The summed E-state index contributed by atoms with van der Waals surface area (Å²) in [6.07, 6.45) is 5.69. The summed E-state index contributed by atoms with van der Waals surface area (Å²) in [5.74, 6) is -0.343. The van der Waals surface area contributed by atoms with E-state index in [-0.39, 0.29) is 30.8 Å². The van der Waals surface area contributed by atoms with Gasteiger partial charge in [0.25, 0.3) is 0 Å². The third kappa shape index (κ3) is 5.77. The number of benzene rings is 1. The Bertz CT molecular complexity index is 767. The molecule has 0 aromatic heterocycles. The zero-order chi connectivity index (χ0) is 19.3. The zero-order valence-corrected chi connectivity index (χ0v) is 16.3. The largest absolute Gasteiger partial charge is 0.352 e. The van der Waals surface area contributed by atoms with Gasteiger partial charge in [0.15, 0.2) is 0 Å². The molecule has 0 radical (unpaired) electrons. The van der Waals surface area contributed by atoms with Crippen LogP contribution in [-0.2, 0) is 26.0 Å². The lowest BCUT2D eigenvalue weighted by Gasteiger charge is -2.25. The molecule has 0 atom stereocenters. The fourth-order valence-electron chi connectivity index (χ4n) is 3.11. The van der Waals surface area contributed by atoms with Crippen LogP contribution in [0.1, 0.15) is 44.1 Å². The number of nitrogens with zero attached hydrogens (tertiary/aromatic N) is 1. The molecule has 0 unspecified atom stereocenters. The lowest BCUT2D eigenvalue weighted by molar-refractivity contribution is -0.126. The molecule has 27 heavy (non-hydrogen) atoms. The van der Waals surface area contributed by atoms with Crippen molar-refractivity contribution in [2.75, 3.05) is 19.6 Å². The molecule has 2 fully saturated rings. The maximum absolute atomic E-state index is 12.6. The molecule has 7 nitrogen and oxygen atoms in total. The van der Waals surface area contributed by atoms with E-state index in [0.717, 1.165) is 37.7 Å². The van der Waals surface area contributed by atoms with E-state index < -0.39 is 10.0 Å². The molecule has 1 aromatic carbocycles. The topological polar surface area (TPSA) is 95.6 Å². The monoisotopic (exact) mass is 393 g/mol. The predicted molar refractivity (Wildman–Crippen MR) is 102 cm³/mol. The molecule has 8 heteroatoms. The Morgan fingerprint density at radius 3 is 2.30 bits per heavy atom. The van der Waals surface area contributed by atoms with Crippen molar-refractivity contribution in [1.82, 2.24) is 14.9 Å². The molecule has 2 N–H and O–H groups in total. The van der Waals surface area contributed by atoms with Crippen molar-refractivity contribution in [3.05, 3.63) is 29.8 Å². The van der Waals surface area contributed by atoms with Crippen LogP contribution in [0.5, 0.6) is 0 Å². The van der Waals surface area contributed by atoms with Gasteiger partial charge < -0.3 is 10.6 Å². The molecule has 1 aliphatic heterocycles. The average molecular weight is 394 g/mol. The van der Waals surface area contributed by atoms with Crippen LogP contribution in [0.15, 0.2) is 29.2 Å². The van der Waals surface area contributed by atoms with E-state index in [1.807, 2.05) is 0 Å². The van der Waals surface area contributed by atoms with Gasteiger partial charge in [-0.1, -0.05) is 18.6 Å². The van der Waals surface area contributed by atoms with E-state index >= 15 is 0 Å². The van der Waals surface area contributed by atoms with Crippen molar-refractivity contribution in [3.8, 4) is 0 Å². The molecule has 148 valence electrons. The highest BCUT2D eigenvalue weighted by atomic mass is 32.2. The number of hydrogen-bond donors (Lipinski definition) is 2. The van der Waals surface area contributed by atoms with Gasteiger partial charge in [-0.15, -0.1) is 0 Å². The quantitative estimate of drug-likeness (QED) is 0.693. The van der Waals surface area contributed by atoms with Crippen LogP contribution in [0.4, 0.5) is 0 Å². The molecule has 1 aliphatic carbocycles. The SMILES string of the molecule is O=C(CCc1ccc(S(=O)(=O)N2CCCCC2)cc1)NCC(=O)NC1CC1. The summed E-state index contributed by atoms with van der Waals surface area (Å²) in [5, 5.41) is 5.43. The molecule has 0 bridgehead atoms. The summed E-state index contributed by atoms with van der Waals surface area (Å²) in [6, 6.07) is 7.02. The van der Waals surface area contributed by atoms with Crippen molar-refractivity contribution in [2.24, 2.45) is 0 Å². The molecular formula is C19H27N3O4S. The molecule has 2 amide bonds. The van der Waals surface area contributed by atoms with Crippen LogP contribution in [0.3, 0.4) is 0 Å². The van der Waals surface area contributed by atoms with Gasteiger partial charge in [0, 0.05) is 25.6 Å². The maximum atomic E-state index is 12.6. The second-order valence-corrected chi connectivity index (χ2v) is 9.17. The number of carbonyl (C=O) groups excluding carboxylic acids is 2. The summed E-state index contributed by atoms with van der Waals surface area (Å²) in [7, 11) is -3.42. The summed E-state index contributed by atoms with van der Waals surface area (Å²) in [4.78, 5) is 23.7. The minimum Gasteiger partial charge on any atom is -0.352 e. The smallest absolute Gasteiger partial charge is 0.243 e. The number of aryl methyl sites for hydroxylation is 1. The highest BCUT2D eigenvalue weighted by molar-refractivity contribution is 7.89. The number of carbonyl (C=O) groups is 2. The van der Waals surface area contributed by atoms with E-state index in [9.17, 15) is 18.0 Å². The van der Waals surface area contributed by atoms with Gasteiger partial charge in [-0.05, 0) is 49.8 Å². The summed E-state index contributed by atoms with van der Waals surface area (Å²) >= 11 is 0. The molecule has 1 saturated carbocycles. The highest BCUT2D eigenvalue weighted by Gasteiger charge is 2.25. The molecule has 0 spiro atoms. The molecular weight excluding hydrogens is 366 g/mol. The molecule has 1 heterocycles. The Labute approximate surface area is 160 Å². The second kappa shape index (κ2) is 8.84. The summed E-state index contributed by atoms with van der Waals surface area (Å²) in [5.41, 5.74) is 0.894. The van der Waals surface area contributed by atoms with E-state index in [4.69, 9.17) is 0 Å². The summed E-state index contributed by atoms with van der Waals surface area (Å²) < 4.78 is 26.8. The van der Waals surface area contributed by atoms with Crippen molar-refractivity contribution in [2.45, 2.75) is 55.9 Å². The fourth-order valence-corrected chi connectivity index (χ4v) is 4.63. The van der Waals surface area contributed by atoms with Crippen LogP contribution in [0.25, 0.3) is 0 Å². The van der Waals surface area contributed by atoms with E-state index in [1.54, 1.807) is 28.6 Å². The van der Waals surface area contributed by atoms with Crippen LogP contribution >= 0.6 is 0 Å².